The minimum Gasteiger partial charge on any atom is -0.436 e. The van der Waals surface area contributed by atoms with Gasteiger partial charge in [-0.3, -0.25) is 4.98 Å². The maximum Gasteiger partial charge on any atom is 0.237 e. The first-order valence-electron chi connectivity index (χ1n) is 7.00. The first-order chi connectivity index (χ1) is 11.8. The fraction of sp³-hybridized carbons (Fsp3) is 0. The Bertz CT molecular complexity index is 990. The summed E-state index contributed by atoms with van der Waals surface area (Å²) in [6.07, 6.45) is 6.30. The number of hydrogen-bond acceptors (Lipinski definition) is 7. The Morgan fingerprint density at radius 2 is 2.04 bits per heavy atom. The second-order valence-electron chi connectivity index (χ2n) is 4.80. The number of hydrogen-bond donors (Lipinski definition) is 1. The molecule has 0 aliphatic carbocycles. The Kier molecular flexibility index (Phi) is 3.68. The van der Waals surface area contributed by atoms with Crippen molar-refractivity contribution >= 4 is 34.2 Å². The van der Waals surface area contributed by atoms with E-state index < -0.39 is 0 Å². The molecule has 118 valence electrons. The van der Waals surface area contributed by atoms with Gasteiger partial charge in [-0.15, -0.1) is 0 Å². The summed E-state index contributed by atoms with van der Waals surface area (Å²) in [6.45, 7) is 0. The van der Waals surface area contributed by atoms with Gasteiger partial charge in [0.15, 0.2) is 16.9 Å². The van der Waals surface area contributed by atoms with E-state index in [0.29, 0.717) is 33.6 Å². The highest BCUT2D eigenvalue weighted by Crippen LogP contribution is 2.32. The number of nitrogens with one attached hydrogen (secondary N) is 1. The molecule has 0 aliphatic heterocycles. The Morgan fingerprint density at radius 3 is 2.88 bits per heavy atom. The molecular weight excluding hydrogens is 330 g/mol. The van der Waals surface area contributed by atoms with E-state index in [2.05, 4.69) is 25.4 Å². The lowest BCUT2D eigenvalue weighted by atomic mass is 10.3. The van der Waals surface area contributed by atoms with Crippen molar-refractivity contribution in [1.82, 2.24) is 20.1 Å². The molecule has 0 atom stereocenters. The summed E-state index contributed by atoms with van der Waals surface area (Å²) in [5.74, 6) is 1.36. The molecule has 3 heterocycles. The summed E-state index contributed by atoms with van der Waals surface area (Å²) in [7, 11) is 0. The quantitative estimate of drug-likeness (QED) is 0.596. The number of pyridine rings is 1. The number of ether oxygens (including phenoxy) is 1. The predicted octanol–water partition coefficient (Wildman–Crippen LogP) is 4.20. The molecular formula is C16H10ClN5O2. The molecule has 0 saturated heterocycles. The van der Waals surface area contributed by atoms with E-state index in [-0.39, 0.29) is 0 Å². The molecule has 1 N–H and O–H groups in total. The lowest BCUT2D eigenvalue weighted by Gasteiger charge is -2.08. The number of anilines is 2. The fourth-order valence-electron chi connectivity index (χ4n) is 2.11. The molecule has 0 radical (unpaired) electrons. The van der Waals surface area contributed by atoms with Crippen LogP contribution in [0.15, 0.2) is 59.6 Å². The van der Waals surface area contributed by atoms with Crippen molar-refractivity contribution in [2.24, 2.45) is 0 Å². The average molecular weight is 340 g/mol. The second kappa shape index (κ2) is 6.13. The maximum atomic E-state index is 6.27. The third-order valence-electron chi connectivity index (χ3n) is 3.18. The van der Waals surface area contributed by atoms with Crippen molar-refractivity contribution in [1.29, 1.82) is 0 Å². The molecule has 0 amide bonds. The van der Waals surface area contributed by atoms with Crippen LogP contribution in [0.4, 0.5) is 11.5 Å². The topological polar surface area (TPSA) is 86.0 Å². The Labute approximate surface area is 141 Å². The Morgan fingerprint density at radius 1 is 1.08 bits per heavy atom. The van der Waals surface area contributed by atoms with Gasteiger partial charge in [0.1, 0.15) is 5.75 Å². The first-order valence-corrected chi connectivity index (χ1v) is 7.38. The summed E-state index contributed by atoms with van der Waals surface area (Å²) in [5, 5.41) is 7.52. The summed E-state index contributed by atoms with van der Waals surface area (Å²) < 4.78 is 10.8. The lowest BCUT2D eigenvalue weighted by molar-refractivity contribution is 0.459. The van der Waals surface area contributed by atoms with E-state index in [4.69, 9.17) is 20.9 Å². The van der Waals surface area contributed by atoms with Gasteiger partial charge >= 0.3 is 0 Å². The Balaban J connectivity index is 1.58. The van der Waals surface area contributed by atoms with Crippen LogP contribution in [0, 0.1) is 0 Å². The van der Waals surface area contributed by atoms with Crippen molar-refractivity contribution in [3.05, 3.63) is 60.1 Å². The van der Waals surface area contributed by atoms with Crippen molar-refractivity contribution in [3.8, 4) is 11.6 Å². The van der Waals surface area contributed by atoms with E-state index in [1.807, 2.05) is 0 Å². The summed E-state index contributed by atoms with van der Waals surface area (Å²) in [4.78, 5) is 12.2. The molecule has 0 saturated carbocycles. The van der Waals surface area contributed by atoms with E-state index in [1.165, 1.54) is 6.20 Å². The Hall–Kier alpha value is -3.19. The normalized spacial score (nSPS) is 10.7. The summed E-state index contributed by atoms with van der Waals surface area (Å²) in [5.41, 5.74) is 1.98. The largest absolute Gasteiger partial charge is 0.436 e. The summed E-state index contributed by atoms with van der Waals surface area (Å²) in [6, 6.07) is 8.84. The van der Waals surface area contributed by atoms with Crippen LogP contribution >= 0.6 is 11.6 Å². The minimum atomic E-state index is 0.367. The standard InChI is InChI=1S/C16H10ClN5O2/c17-11-8-10(3-4-12(11)23-14-9-18-6-7-19-14)21-16-15-13(24-22-16)2-1-5-20-15/h1-9H,(H,21,22). The van der Waals surface area contributed by atoms with Crippen molar-refractivity contribution < 1.29 is 9.26 Å². The molecule has 0 bridgehead atoms. The third kappa shape index (κ3) is 2.84. The van der Waals surface area contributed by atoms with Crippen LogP contribution in [-0.2, 0) is 0 Å². The van der Waals surface area contributed by atoms with Crippen LogP contribution in [-0.4, -0.2) is 20.1 Å². The highest BCUT2D eigenvalue weighted by Gasteiger charge is 2.11. The number of aromatic nitrogens is 4. The number of fused-ring (bicyclic) bond motifs is 1. The van der Waals surface area contributed by atoms with Gasteiger partial charge in [-0.25, -0.2) is 9.97 Å². The first kappa shape index (κ1) is 14.4. The SMILES string of the molecule is Clc1cc(Nc2noc3cccnc23)ccc1Oc1cnccn1. The van der Waals surface area contributed by atoms with Gasteiger partial charge in [0.2, 0.25) is 5.88 Å². The molecule has 4 aromatic rings. The minimum absolute atomic E-state index is 0.367. The molecule has 0 unspecified atom stereocenters. The van der Waals surface area contributed by atoms with Crippen LogP contribution in [0.3, 0.4) is 0 Å². The fourth-order valence-corrected chi connectivity index (χ4v) is 2.33. The van der Waals surface area contributed by atoms with Crippen LogP contribution in [0.2, 0.25) is 5.02 Å². The molecule has 0 spiro atoms. The highest BCUT2D eigenvalue weighted by molar-refractivity contribution is 6.32. The number of rotatable bonds is 4. The van der Waals surface area contributed by atoms with E-state index in [9.17, 15) is 0 Å². The lowest BCUT2D eigenvalue weighted by Crippen LogP contribution is -1.93. The van der Waals surface area contributed by atoms with Gasteiger partial charge in [-0.05, 0) is 30.3 Å². The smallest absolute Gasteiger partial charge is 0.237 e. The van der Waals surface area contributed by atoms with E-state index in [1.54, 1.807) is 48.9 Å². The monoisotopic (exact) mass is 339 g/mol. The van der Waals surface area contributed by atoms with Crippen molar-refractivity contribution in [2.75, 3.05) is 5.32 Å². The van der Waals surface area contributed by atoms with Gasteiger partial charge in [0, 0.05) is 24.3 Å². The van der Waals surface area contributed by atoms with Crippen LogP contribution in [0.25, 0.3) is 11.1 Å². The van der Waals surface area contributed by atoms with Crippen LogP contribution in [0.1, 0.15) is 0 Å². The molecule has 0 fully saturated rings. The second-order valence-corrected chi connectivity index (χ2v) is 5.20. The molecule has 8 heteroatoms. The predicted molar refractivity (Wildman–Crippen MR) is 88.6 cm³/mol. The molecule has 7 nitrogen and oxygen atoms in total. The van der Waals surface area contributed by atoms with Crippen molar-refractivity contribution in [3.63, 3.8) is 0 Å². The zero-order valence-electron chi connectivity index (χ0n) is 12.2. The zero-order valence-corrected chi connectivity index (χ0v) is 12.9. The maximum absolute atomic E-state index is 6.27. The van der Waals surface area contributed by atoms with Gasteiger partial charge < -0.3 is 14.6 Å². The number of halogens is 1. The highest BCUT2D eigenvalue weighted by atomic mass is 35.5. The number of nitrogens with zero attached hydrogens (tertiary/aromatic N) is 4. The van der Waals surface area contributed by atoms with Crippen LogP contribution < -0.4 is 10.1 Å². The van der Waals surface area contributed by atoms with E-state index >= 15 is 0 Å². The van der Waals surface area contributed by atoms with Gasteiger partial charge in [-0.2, -0.15) is 0 Å². The molecule has 24 heavy (non-hydrogen) atoms. The van der Waals surface area contributed by atoms with E-state index in [0.717, 1.165) is 5.69 Å². The van der Waals surface area contributed by atoms with Gasteiger partial charge in [-0.1, -0.05) is 16.8 Å². The molecule has 3 aromatic heterocycles. The van der Waals surface area contributed by atoms with Crippen LogP contribution in [0.5, 0.6) is 11.6 Å². The van der Waals surface area contributed by atoms with Gasteiger partial charge in [0.25, 0.3) is 0 Å². The van der Waals surface area contributed by atoms with Gasteiger partial charge in [0.05, 0.1) is 11.2 Å². The molecule has 0 aliphatic rings. The summed E-state index contributed by atoms with van der Waals surface area (Å²) >= 11 is 6.27. The molecule has 4 rings (SSSR count). The molecule has 1 aromatic carbocycles. The number of benzene rings is 1. The third-order valence-corrected chi connectivity index (χ3v) is 3.47. The van der Waals surface area contributed by atoms with Crippen molar-refractivity contribution in [2.45, 2.75) is 0 Å². The average Bonchev–Trinajstić information content (AvgIpc) is 3.01. The zero-order chi connectivity index (χ0) is 16.4.